The molecule has 0 bridgehead atoms. The van der Waals surface area contributed by atoms with Gasteiger partial charge in [0, 0.05) is 31.4 Å². The highest BCUT2D eigenvalue weighted by molar-refractivity contribution is 6.06. The number of rotatable bonds is 7. The van der Waals surface area contributed by atoms with Crippen LogP contribution in [0.3, 0.4) is 0 Å². The lowest BCUT2D eigenvalue weighted by atomic mass is 10.1. The first-order valence-corrected chi connectivity index (χ1v) is 9.67. The quantitative estimate of drug-likeness (QED) is 0.751. The molecule has 0 saturated heterocycles. The number of carbonyl (C=O) groups is 2. The lowest BCUT2D eigenvalue weighted by Gasteiger charge is -2.31. The van der Waals surface area contributed by atoms with Gasteiger partial charge in [-0.1, -0.05) is 0 Å². The van der Waals surface area contributed by atoms with Gasteiger partial charge in [0.1, 0.15) is 17.2 Å². The van der Waals surface area contributed by atoms with Gasteiger partial charge in [-0.3, -0.25) is 14.4 Å². The Morgan fingerprint density at radius 2 is 1.67 bits per heavy atom. The fourth-order valence-corrected chi connectivity index (χ4v) is 3.31. The number of anilines is 1. The molecule has 0 radical (unpaired) electrons. The number of amides is 2. The third-order valence-corrected chi connectivity index (χ3v) is 4.68. The van der Waals surface area contributed by atoms with Gasteiger partial charge >= 0.3 is 0 Å². The number of benzene rings is 1. The zero-order valence-electron chi connectivity index (χ0n) is 18.5. The first-order chi connectivity index (χ1) is 14.1. The summed E-state index contributed by atoms with van der Waals surface area (Å²) in [6.45, 7) is 7.72. The van der Waals surface area contributed by atoms with E-state index in [1.54, 1.807) is 23.1 Å². The molecule has 8 heteroatoms. The third-order valence-electron chi connectivity index (χ3n) is 4.68. The highest BCUT2D eigenvalue weighted by Crippen LogP contribution is 2.25. The molecule has 162 valence electrons. The number of nitrogens with one attached hydrogen (secondary N) is 1. The van der Waals surface area contributed by atoms with Crippen LogP contribution in [-0.2, 0) is 7.05 Å². The summed E-state index contributed by atoms with van der Waals surface area (Å²) in [6, 6.07) is 6.13. The van der Waals surface area contributed by atoms with Crippen molar-refractivity contribution in [1.82, 2.24) is 9.47 Å². The largest absolute Gasteiger partial charge is 0.497 e. The average molecular weight is 415 g/mol. The molecule has 0 spiro atoms. The van der Waals surface area contributed by atoms with Crippen LogP contribution in [0.2, 0.25) is 0 Å². The number of hydrogen-bond donors (Lipinski definition) is 1. The fraction of sp³-hybridized carbons (Fsp3) is 0.409. The van der Waals surface area contributed by atoms with E-state index >= 15 is 0 Å². The van der Waals surface area contributed by atoms with Gasteiger partial charge in [-0.25, -0.2) is 0 Å². The highest BCUT2D eigenvalue weighted by atomic mass is 16.5. The van der Waals surface area contributed by atoms with Crippen molar-refractivity contribution >= 4 is 17.5 Å². The second-order valence-electron chi connectivity index (χ2n) is 7.48. The van der Waals surface area contributed by atoms with Crippen LogP contribution in [0.1, 0.15) is 48.4 Å². The van der Waals surface area contributed by atoms with Crippen LogP contribution in [0.4, 0.5) is 5.69 Å². The van der Waals surface area contributed by atoms with E-state index in [4.69, 9.17) is 9.47 Å². The molecule has 1 aromatic carbocycles. The monoisotopic (exact) mass is 415 g/mol. The van der Waals surface area contributed by atoms with Crippen molar-refractivity contribution in [3.63, 3.8) is 0 Å². The first-order valence-electron chi connectivity index (χ1n) is 9.67. The van der Waals surface area contributed by atoms with Crippen LogP contribution in [0.15, 0.2) is 35.3 Å². The van der Waals surface area contributed by atoms with E-state index in [9.17, 15) is 14.4 Å². The Labute approximate surface area is 176 Å². The van der Waals surface area contributed by atoms with Gasteiger partial charge in [0.15, 0.2) is 0 Å². The Bertz CT molecular complexity index is 987. The molecule has 1 N–H and O–H groups in total. The predicted octanol–water partition coefficient (Wildman–Crippen LogP) is 2.91. The Kier molecular flexibility index (Phi) is 7.26. The number of hydrogen-bond acceptors (Lipinski definition) is 5. The van der Waals surface area contributed by atoms with Crippen molar-refractivity contribution in [1.29, 1.82) is 0 Å². The molecule has 0 aliphatic rings. The summed E-state index contributed by atoms with van der Waals surface area (Å²) in [6.07, 6.45) is 1.48. The number of ether oxygens (including phenoxy) is 2. The maximum absolute atomic E-state index is 13.0. The van der Waals surface area contributed by atoms with Gasteiger partial charge in [0.25, 0.3) is 17.4 Å². The minimum absolute atomic E-state index is 0.0127. The standard InChI is InChI=1S/C22H29N3O5/c1-13(2)25(14(3)4)21(27)15-10-18(22(28)24(5)12-15)23-20(26)17-9-8-16(29-6)11-19(17)30-7/h8-14H,1-7H3,(H,23,26). The molecular formula is C22H29N3O5. The summed E-state index contributed by atoms with van der Waals surface area (Å²) >= 11 is 0. The summed E-state index contributed by atoms with van der Waals surface area (Å²) in [5.74, 6) is 0.102. The van der Waals surface area contributed by atoms with Crippen LogP contribution in [-0.4, -0.2) is 47.6 Å². The number of aryl methyl sites for hydroxylation is 1. The van der Waals surface area contributed by atoms with Crippen molar-refractivity contribution in [3.05, 3.63) is 51.9 Å². The summed E-state index contributed by atoms with van der Waals surface area (Å²) in [4.78, 5) is 40.1. The van der Waals surface area contributed by atoms with E-state index in [-0.39, 0.29) is 29.2 Å². The van der Waals surface area contributed by atoms with E-state index in [0.717, 1.165) is 0 Å². The minimum Gasteiger partial charge on any atom is -0.497 e. The molecule has 0 aliphatic carbocycles. The van der Waals surface area contributed by atoms with E-state index in [1.165, 1.54) is 38.1 Å². The molecule has 2 rings (SSSR count). The van der Waals surface area contributed by atoms with E-state index in [1.807, 2.05) is 27.7 Å². The van der Waals surface area contributed by atoms with Crippen LogP contribution >= 0.6 is 0 Å². The smallest absolute Gasteiger partial charge is 0.274 e. The number of carbonyl (C=O) groups excluding carboxylic acids is 2. The summed E-state index contributed by atoms with van der Waals surface area (Å²) < 4.78 is 11.7. The third kappa shape index (κ3) is 4.82. The SMILES string of the molecule is COc1ccc(C(=O)Nc2cc(C(=O)N(C(C)C)C(C)C)cn(C)c2=O)c(OC)c1. The lowest BCUT2D eigenvalue weighted by molar-refractivity contribution is 0.0642. The molecule has 2 amide bonds. The molecule has 2 aromatic rings. The van der Waals surface area contributed by atoms with Gasteiger partial charge in [-0.2, -0.15) is 0 Å². The van der Waals surface area contributed by atoms with Crippen molar-refractivity contribution in [2.45, 2.75) is 39.8 Å². The fourth-order valence-electron chi connectivity index (χ4n) is 3.31. The molecule has 0 aliphatic heterocycles. The van der Waals surface area contributed by atoms with Gasteiger partial charge in [0.05, 0.1) is 25.3 Å². The normalized spacial score (nSPS) is 10.8. The first kappa shape index (κ1) is 23.0. The van der Waals surface area contributed by atoms with Crippen LogP contribution in [0, 0.1) is 0 Å². The molecule has 30 heavy (non-hydrogen) atoms. The second-order valence-corrected chi connectivity index (χ2v) is 7.48. The summed E-state index contributed by atoms with van der Waals surface area (Å²) in [5, 5.41) is 2.61. The van der Waals surface area contributed by atoms with E-state index in [0.29, 0.717) is 17.1 Å². The number of nitrogens with zero attached hydrogens (tertiary/aromatic N) is 2. The molecule has 1 aromatic heterocycles. The summed E-state index contributed by atoms with van der Waals surface area (Å²) in [7, 11) is 4.49. The summed E-state index contributed by atoms with van der Waals surface area (Å²) in [5.41, 5.74) is 0.145. The highest BCUT2D eigenvalue weighted by Gasteiger charge is 2.24. The Balaban J connectivity index is 2.43. The van der Waals surface area contributed by atoms with Crippen molar-refractivity contribution < 1.29 is 19.1 Å². The maximum Gasteiger partial charge on any atom is 0.274 e. The molecule has 8 nitrogen and oxygen atoms in total. The molecular weight excluding hydrogens is 386 g/mol. The van der Waals surface area contributed by atoms with Crippen molar-refractivity contribution in [3.8, 4) is 11.5 Å². The van der Waals surface area contributed by atoms with Gasteiger partial charge < -0.3 is 24.3 Å². The zero-order valence-corrected chi connectivity index (χ0v) is 18.5. The van der Waals surface area contributed by atoms with Crippen LogP contribution in [0.25, 0.3) is 0 Å². The topological polar surface area (TPSA) is 89.9 Å². The minimum atomic E-state index is -0.527. The number of methoxy groups -OCH3 is 2. The van der Waals surface area contributed by atoms with Crippen molar-refractivity contribution in [2.24, 2.45) is 7.05 Å². The predicted molar refractivity (Wildman–Crippen MR) is 116 cm³/mol. The zero-order chi connectivity index (χ0) is 22.6. The lowest BCUT2D eigenvalue weighted by Crippen LogP contribution is -2.42. The van der Waals surface area contributed by atoms with Gasteiger partial charge in [0.2, 0.25) is 0 Å². The number of pyridine rings is 1. The Morgan fingerprint density at radius 3 is 2.20 bits per heavy atom. The number of aromatic nitrogens is 1. The molecule has 0 saturated carbocycles. The van der Waals surface area contributed by atoms with Gasteiger partial charge in [-0.15, -0.1) is 0 Å². The molecule has 1 heterocycles. The molecule has 0 unspecified atom stereocenters. The van der Waals surface area contributed by atoms with Crippen LogP contribution < -0.4 is 20.3 Å². The van der Waals surface area contributed by atoms with E-state index < -0.39 is 11.5 Å². The molecule has 0 fully saturated rings. The Hall–Kier alpha value is -3.29. The molecule has 0 atom stereocenters. The average Bonchev–Trinajstić information content (AvgIpc) is 2.69. The maximum atomic E-state index is 13.0. The van der Waals surface area contributed by atoms with Crippen molar-refractivity contribution in [2.75, 3.05) is 19.5 Å². The second kappa shape index (κ2) is 9.47. The van der Waals surface area contributed by atoms with E-state index in [2.05, 4.69) is 5.32 Å². The Morgan fingerprint density at radius 1 is 1.03 bits per heavy atom. The van der Waals surface area contributed by atoms with Crippen LogP contribution in [0.5, 0.6) is 11.5 Å². The van der Waals surface area contributed by atoms with Gasteiger partial charge in [-0.05, 0) is 45.9 Å².